The minimum atomic E-state index is -0.224. The molecule has 0 spiro atoms. The molecule has 0 aliphatic carbocycles. The molecule has 1 aliphatic rings. The van der Waals surface area contributed by atoms with Crippen molar-refractivity contribution in [3.63, 3.8) is 0 Å². The van der Waals surface area contributed by atoms with Crippen LogP contribution in [0.4, 0.5) is 11.5 Å². The molecule has 5 nitrogen and oxygen atoms in total. The number of nitrogens with zero attached hydrogens (tertiary/aromatic N) is 3. The number of anilines is 2. The van der Waals surface area contributed by atoms with Gasteiger partial charge >= 0.3 is 0 Å². The molecule has 4 rings (SSSR count). The van der Waals surface area contributed by atoms with Crippen molar-refractivity contribution < 1.29 is 4.79 Å². The maximum Gasteiger partial charge on any atom is 0.271 e. The van der Waals surface area contributed by atoms with E-state index in [1.54, 1.807) is 6.07 Å². The molecule has 1 amide bonds. The Hall–Kier alpha value is -2.92. The quantitative estimate of drug-likeness (QED) is 0.733. The molecule has 3 aromatic rings. The molecule has 0 saturated heterocycles. The van der Waals surface area contributed by atoms with Crippen molar-refractivity contribution in [3.05, 3.63) is 82.5 Å². The zero-order valence-electron chi connectivity index (χ0n) is 14.7. The fourth-order valence-electron chi connectivity index (χ4n) is 3.27. The van der Waals surface area contributed by atoms with Gasteiger partial charge in [-0.3, -0.25) is 4.79 Å². The first kappa shape index (κ1) is 17.5. The molecule has 0 fully saturated rings. The Balaban J connectivity index is 1.37. The van der Waals surface area contributed by atoms with Crippen molar-refractivity contribution >= 4 is 29.0 Å². The number of fused-ring (bicyclic) bond motifs is 1. The lowest BCUT2D eigenvalue weighted by Gasteiger charge is -2.17. The van der Waals surface area contributed by atoms with E-state index in [0.29, 0.717) is 23.7 Å². The van der Waals surface area contributed by atoms with Crippen LogP contribution in [0.1, 0.15) is 21.6 Å². The highest BCUT2D eigenvalue weighted by atomic mass is 35.5. The molecular formula is C21H19ClN4O. The molecule has 0 unspecified atom stereocenters. The number of amides is 1. The molecule has 0 atom stereocenters. The first-order valence-corrected chi connectivity index (χ1v) is 9.30. The van der Waals surface area contributed by atoms with Crippen LogP contribution in [-0.4, -0.2) is 29.2 Å². The zero-order valence-corrected chi connectivity index (χ0v) is 15.5. The number of carbonyl (C=O) groups excluding carboxylic acids is 1. The number of nitrogens with one attached hydrogen (secondary N) is 1. The molecule has 136 valence electrons. The number of benzene rings is 2. The topological polar surface area (TPSA) is 58.1 Å². The second-order valence-corrected chi connectivity index (χ2v) is 6.88. The van der Waals surface area contributed by atoms with E-state index in [-0.39, 0.29) is 5.91 Å². The Morgan fingerprint density at radius 1 is 1.07 bits per heavy atom. The van der Waals surface area contributed by atoms with E-state index in [1.165, 1.54) is 5.56 Å². The summed E-state index contributed by atoms with van der Waals surface area (Å²) in [5.74, 6) is 0.535. The lowest BCUT2D eigenvalue weighted by Crippen LogP contribution is -2.27. The van der Waals surface area contributed by atoms with E-state index in [4.69, 9.17) is 11.6 Å². The maximum absolute atomic E-state index is 12.3. The number of halogens is 1. The van der Waals surface area contributed by atoms with Crippen molar-refractivity contribution in [3.8, 4) is 0 Å². The van der Waals surface area contributed by atoms with Crippen molar-refractivity contribution in [1.29, 1.82) is 0 Å². The molecule has 1 aliphatic heterocycles. The Bertz CT molecular complexity index is 958. The van der Waals surface area contributed by atoms with E-state index >= 15 is 0 Å². The number of hydrogen-bond donors (Lipinski definition) is 1. The van der Waals surface area contributed by atoms with E-state index in [0.717, 1.165) is 30.0 Å². The van der Waals surface area contributed by atoms with Gasteiger partial charge in [0.1, 0.15) is 0 Å². The third-order valence-corrected chi connectivity index (χ3v) is 4.87. The maximum atomic E-state index is 12.3. The van der Waals surface area contributed by atoms with Crippen molar-refractivity contribution in [2.24, 2.45) is 0 Å². The number of rotatable bonds is 5. The Kier molecular flexibility index (Phi) is 5.03. The van der Waals surface area contributed by atoms with Crippen LogP contribution < -0.4 is 10.2 Å². The molecule has 27 heavy (non-hydrogen) atoms. The average molecular weight is 379 g/mol. The fraction of sp³-hybridized carbons (Fsp3) is 0.190. The normalized spacial score (nSPS) is 12.7. The van der Waals surface area contributed by atoms with Gasteiger partial charge in [0.2, 0.25) is 0 Å². The number of carbonyl (C=O) groups is 1. The summed E-state index contributed by atoms with van der Waals surface area (Å²) in [5.41, 5.74) is 3.86. The van der Waals surface area contributed by atoms with Gasteiger partial charge in [-0.1, -0.05) is 41.9 Å². The summed E-state index contributed by atoms with van der Waals surface area (Å²) in [6, 6.07) is 19.5. The van der Waals surface area contributed by atoms with Crippen LogP contribution in [0.25, 0.3) is 0 Å². The fourth-order valence-corrected chi connectivity index (χ4v) is 3.48. The van der Waals surface area contributed by atoms with Crippen LogP contribution >= 0.6 is 11.6 Å². The van der Waals surface area contributed by atoms with Crippen LogP contribution in [-0.2, 0) is 12.8 Å². The predicted octanol–water partition coefficient (Wildman–Crippen LogP) is 3.80. The summed E-state index contributed by atoms with van der Waals surface area (Å²) >= 11 is 5.97. The van der Waals surface area contributed by atoms with Gasteiger partial charge in [0, 0.05) is 23.8 Å². The minimum Gasteiger partial charge on any atom is -0.350 e. The second kappa shape index (κ2) is 7.76. The standard InChI is InChI=1S/C21H19ClN4O/c22-17-6-3-4-15(14-17)10-12-23-21(27)18-8-9-20(25-24-18)26-13-11-16-5-1-2-7-19(16)26/h1-9,14H,10-13H2,(H,23,27). The third-order valence-electron chi connectivity index (χ3n) is 4.64. The molecule has 0 bridgehead atoms. The van der Waals surface area contributed by atoms with Gasteiger partial charge < -0.3 is 10.2 Å². The van der Waals surface area contributed by atoms with Gasteiger partial charge in [-0.25, -0.2) is 0 Å². The van der Waals surface area contributed by atoms with Gasteiger partial charge in [0.25, 0.3) is 5.91 Å². The van der Waals surface area contributed by atoms with Crippen LogP contribution in [0.2, 0.25) is 5.02 Å². The first-order chi connectivity index (χ1) is 13.2. The minimum absolute atomic E-state index is 0.224. The van der Waals surface area contributed by atoms with Crippen LogP contribution in [0, 0.1) is 0 Å². The predicted molar refractivity (Wildman–Crippen MR) is 107 cm³/mol. The third kappa shape index (κ3) is 3.93. The number of aromatic nitrogens is 2. The molecule has 0 saturated carbocycles. The summed E-state index contributed by atoms with van der Waals surface area (Å²) in [7, 11) is 0. The monoisotopic (exact) mass is 378 g/mol. The molecule has 0 radical (unpaired) electrons. The van der Waals surface area contributed by atoms with Crippen molar-refractivity contribution in [2.45, 2.75) is 12.8 Å². The van der Waals surface area contributed by atoms with E-state index in [9.17, 15) is 4.79 Å². The highest BCUT2D eigenvalue weighted by Gasteiger charge is 2.21. The molecule has 1 N–H and O–H groups in total. The van der Waals surface area contributed by atoms with Crippen molar-refractivity contribution in [2.75, 3.05) is 18.0 Å². The lowest BCUT2D eigenvalue weighted by molar-refractivity contribution is 0.0948. The van der Waals surface area contributed by atoms with Crippen LogP contribution in [0.3, 0.4) is 0 Å². The van der Waals surface area contributed by atoms with E-state index in [2.05, 4.69) is 32.5 Å². The van der Waals surface area contributed by atoms with Crippen LogP contribution in [0.15, 0.2) is 60.7 Å². The molecule has 6 heteroatoms. The van der Waals surface area contributed by atoms with E-state index in [1.807, 2.05) is 42.5 Å². The smallest absolute Gasteiger partial charge is 0.271 e. The van der Waals surface area contributed by atoms with Crippen molar-refractivity contribution in [1.82, 2.24) is 15.5 Å². The molecule has 1 aromatic heterocycles. The molecule has 2 heterocycles. The molecular weight excluding hydrogens is 360 g/mol. The van der Waals surface area contributed by atoms with E-state index < -0.39 is 0 Å². The lowest BCUT2D eigenvalue weighted by atomic mass is 10.1. The van der Waals surface area contributed by atoms with Gasteiger partial charge in [-0.15, -0.1) is 10.2 Å². The average Bonchev–Trinajstić information content (AvgIpc) is 3.12. The summed E-state index contributed by atoms with van der Waals surface area (Å²) in [6.07, 6.45) is 1.70. The summed E-state index contributed by atoms with van der Waals surface area (Å²) in [5, 5.41) is 11.9. The Labute approximate surface area is 163 Å². The van der Waals surface area contributed by atoms with Gasteiger partial charge in [-0.05, 0) is 54.3 Å². The largest absolute Gasteiger partial charge is 0.350 e. The van der Waals surface area contributed by atoms with Gasteiger partial charge in [0.05, 0.1) is 0 Å². The first-order valence-electron chi connectivity index (χ1n) is 8.92. The SMILES string of the molecule is O=C(NCCc1cccc(Cl)c1)c1ccc(N2CCc3ccccc32)nn1. The molecule has 2 aromatic carbocycles. The summed E-state index contributed by atoms with van der Waals surface area (Å²) in [4.78, 5) is 14.4. The number of hydrogen-bond acceptors (Lipinski definition) is 4. The van der Waals surface area contributed by atoms with Gasteiger partial charge in [-0.2, -0.15) is 0 Å². The van der Waals surface area contributed by atoms with Gasteiger partial charge in [0.15, 0.2) is 11.5 Å². The summed E-state index contributed by atoms with van der Waals surface area (Å²) in [6.45, 7) is 1.39. The highest BCUT2D eigenvalue weighted by Crippen LogP contribution is 2.32. The Morgan fingerprint density at radius 2 is 1.96 bits per heavy atom. The highest BCUT2D eigenvalue weighted by molar-refractivity contribution is 6.30. The van der Waals surface area contributed by atoms with Crippen LogP contribution in [0.5, 0.6) is 0 Å². The zero-order chi connectivity index (χ0) is 18.6. The second-order valence-electron chi connectivity index (χ2n) is 6.44. The summed E-state index contributed by atoms with van der Waals surface area (Å²) < 4.78 is 0. The Morgan fingerprint density at radius 3 is 2.78 bits per heavy atom. The number of para-hydroxylation sites is 1.